The Balaban J connectivity index is 2.13. The van der Waals surface area contributed by atoms with Crippen LogP contribution < -0.4 is 11.1 Å². The third-order valence-corrected chi connectivity index (χ3v) is 2.05. The smallest absolute Gasteiger partial charge is 0.272 e. The number of aromatic nitrogens is 1. The first-order chi connectivity index (χ1) is 7.65. The number of H-pyrrole nitrogens is 1. The van der Waals surface area contributed by atoms with E-state index in [-0.39, 0.29) is 11.7 Å². The van der Waals surface area contributed by atoms with Gasteiger partial charge in [-0.25, -0.2) is 0 Å². The molecule has 0 bridgehead atoms. The van der Waals surface area contributed by atoms with E-state index < -0.39 is 0 Å². The van der Waals surface area contributed by atoms with Gasteiger partial charge in [-0.2, -0.15) is 0 Å². The van der Waals surface area contributed by atoms with Gasteiger partial charge in [-0.05, 0) is 18.2 Å². The second-order valence-electron chi connectivity index (χ2n) is 3.35. The van der Waals surface area contributed by atoms with Crippen LogP contribution >= 0.6 is 0 Å². The van der Waals surface area contributed by atoms with E-state index in [1.807, 2.05) is 0 Å². The van der Waals surface area contributed by atoms with Crippen LogP contribution in [0.4, 0.5) is 11.4 Å². The molecule has 1 aromatic carbocycles. The number of carbonyl (C=O) groups excluding carboxylic acids is 1. The third kappa shape index (κ3) is 2.14. The summed E-state index contributed by atoms with van der Waals surface area (Å²) >= 11 is 0. The van der Waals surface area contributed by atoms with Crippen molar-refractivity contribution in [2.45, 2.75) is 0 Å². The molecule has 2 aromatic rings. The minimum absolute atomic E-state index is 0.101. The molecule has 5 N–H and O–H groups in total. The van der Waals surface area contributed by atoms with E-state index in [1.54, 1.807) is 12.1 Å². The molecule has 5 heteroatoms. The van der Waals surface area contributed by atoms with Crippen LogP contribution in [0, 0.1) is 0 Å². The number of rotatable bonds is 2. The molecule has 0 aliphatic heterocycles. The van der Waals surface area contributed by atoms with Crippen LogP contribution in [0.2, 0.25) is 0 Å². The number of hydrogen-bond donors (Lipinski definition) is 4. The number of phenols is 1. The average molecular weight is 217 g/mol. The molecule has 2 rings (SSSR count). The fourth-order valence-electron chi connectivity index (χ4n) is 1.32. The molecule has 1 amide bonds. The molecule has 0 spiro atoms. The highest BCUT2D eigenvalue weighted by Gasteiger charge is 2.07. The summed E-state index contributed by atoms with van der Waals surface area (Å²) in [5, 5.41) is 11.8. The molecule has 0 saturated heterocycles. The lowest BCUT2D eigenvalue weighted by Gasteiger charge is -2.03. The highest BCUT2D eigenvalue weighted by molar-refractivity contribution is 6.03. The number of aromatic hydroxyl groups is 1. The number of amides is 1. The zero-order valence-electron chi connectivity index (χ0n) is 8.40. The van der Waals surface area contributed by atoms with Crippen molar-refractivity contribution < 1.29 is 9.90 Å². The van der Waals surface area contributed by atoms with Crippen molar-refractivity contribution in [1.29, 1.82) is 0 Å². The van der Waals surface area contributed by atoms with E-state index in [0.29, 0.717) is 17.1 Å². The summed E-state index contributed by atoms with van der Waals surface area (Å²) in [6.45, 7) is 0. The van der Waals surface area contributed by atoms with E-state index in [1.165, 1.54) is 24.4 Å². The van der Waals surface area contributed by atoms with Crippen LogP contribution in [0.3, 0.4) is 0 Å². The maximum absolute atomic E-state index is 11.7. The molecular formula is C11H11N3O2. The lowest BCUT2D eigenvalue weighted by molar-refractivity contribution is 0.102. The van der Waals surface area contributed by atoms with Gasteiger partial charge >= 0.3 is 0 Å². The normalized spacial score (nSPS) is 10.0. The number of aromatic amines is 1. The Hall–Kier alpha value is -2.43. The van der Waals surface area contributed by atoms with Gasteiger partial charge in [0.25, 0.3) is 5.91 Å². The van der Waals surface area contributed by atoms with Crippen molar-refractivity contribution in [1.82, 2.24) is 4.98 Å². The van der Waals surface area contributed by atoms with Gasteiger partial charge in [-0.1, -0.05) is 6.07 Å². The highest BCUT2D eigenvalue weighted by atomic mass is 16.3. The van der Waals surface area contributed by atoms with Crippen LogP contribution in [0.25, 0.3) is 0 Å². The Kier molecular flexibility index (Phi) is 2.51. The number of hydrogen-bond acceptors (Lipinski definition) is 3. The molecular weight excluding hydrogens is 206 g/mol. The largest absolute Gasteiger partial charge is 0.508 e. The maximum atomic E-state index is 11.7. The summed E-state index contributed by atoms with van der Waals surface area (Å²) in [7, 11) is 0. The van der Waals surface area contributed by atoms with Gasteiger partial charge in [0.15, 0.2) is 0 Å². The number of nitrogens with two attached hydrogens (primary N) is 1. The van der Waals surface area contributed by atoms with Crippen LogP contribution in [-0.4, -0.2) is 16.0 Å². The Morgan fingerprint density at radius 2 is 2.19 bits per heavy atom. The van der Waals surface area contributed by atoms with E-state index in [4.69, 9.17) is 5.73 Å². The second kappa shape index (κ2) is 3.98. The van der Waals surface area contributed by atoms with E-state index >= 15 is 0 Å². The van der Waals surface area contributed by atoms with Crippen LogP contribution in [0.5, 0.6) is 5.75 Å². The molecule has 0 unspecified atom stereocenters. The minimum atomic E-state index is -0.303. The number of nitrogens with one attached hydrogen (secondary N) is 2. The summed E-state index contributed by atoms with van der Waals surface area (Å²) in [4.78, 5) is 14.4. The average Bonchev–Trinajstić information content (AvgIpc) is 2.65. The zero-order chi connectivity index (χ0) is 11.5. The molecule has 1 heterocycles. The number of benzene rings is 1. The first kappa shape index (κ1) is 10.1. The molecule has 0 atom stereocenters. The lowest BCUT2D eigenvalue weighted by Crippen LogP contribution is -2.11. The number of phenolic OH excluding ortho intramolecular Hbond substituents is 1. The summed E-state index contributed by atoms with van der Waals surface area (Å²) in [6.07, 6.45) is 1.54. The molecule has 16 heavy (non-hydrogen) atoms. The zero-order valence-corrected chi connectivity index (χ0v) is 8.40. The Bertz CT molecular complexity index is 519. The molecule has 0 saturated carbocycles. The molecule has 82 valence electrons. The molecule has 0 aliphatic rings. The first-order valence-corrected chi connectivity index (χ1v) is 4.69. The van der Waals surface area contributed by atoms with E-state index in [2.05, 4.69) is 10.3 Å². The summed E-state index contributed by atoms with van der Waals surface area (Å²) in [5.74, 6) is -0.203. The molecule has 5 nitrogen and oxygen atoms in total. The maximum Gasteiger partial charge on any atom is 0.272 e. The SMILES string of the molecule is Nc1c[nH]c(C(=O)Nc2cccc(O)c2)c1. The van der Waals surface area contributed by atoms with Crippen LogP contribution in [0.15, 0.2) is 36.5 Å². The molecule has 0 radical (unpaired) electrons. The minimum Gasteiger partial charge on any atom is -0.508 e. The fraction of sp³-hybridized carbons (Fsp3) is 0. The molecule has 0 aliphatic carbocycles. The van der Waals surface area contributed by atoms with Gasteiger partial charge in [0.1, 0.15) is 11.4 Å². The van der Waals surface area contributed by atoms with E-state index in [0.717, 1.165) is 0 Å². The lowest BCUT2D eigenvalue weighted by atomic mass is 10.3. The predicted molar refractivity (Wildman–Crippen MR) is 61.3 cm³/mol. The Morgan fingerprint density at radius 3 is 2.81 bits per heavy atom. The van der Waals surface area contributed by atoms with Crippen molar-refractivity contribution in [3.8, 4) is 5.75 Å². The standard InChI is InChI=1S/C11H11N3O2/c12-7-4-10(13-6-7)11(16)14-8-2-1-3-9(15)5-8/h1-6,13,15H,12H2,(H,14,16). The summed E-state index contributed by atoms with van der Waals surface area (Å²) < 4.78 is 0. The van der Waals surface area contributed by atoms with Gasteiger partial charge in [0.05, 0.1) is 0 Å². The number of nitrogen functional groups attached to an aromatic ring is 1. The number of carbonyl (C=O) groups is 1. The molecule has 0 fully saturated rings. The van der Waals surface area contributed by atoms with Crippen LogP contribution in [-0.2, 0) is 0 Å². The molecule has 1 aromatic heterocycles. The van der Waals surface area contributed by atoms with E-state index in [9.17, 15) is 9.90 Å². The highest BCUT2D eigenvalue weighted by Crippen LogP contribution is 2.16. The van der Waals surface area contributed by atoms with Gasteiger partial charge in [-0.3, -0.25) is 4.79 Å². The Labute approximate surface area is 91.9 Å². The van der Waals surface area contributed by atoms with Gasteiger partial charge < -0.3 is 21.1 Å². The topological polar surface area (TPSA) is 91.1 Å². The van der Waals surface area contributed by atoms with Crippen molar-refractivity contribution in [3.05, 3.63) is 42.2 Å². The van der Waals surface area contributed by atoms with Gasteiger partial charge in [0, 0.05) is 23.6 Å². The van der Waals surface area contributed by atoms with Crippen molar-refractivity contribution >= 4 is 17.3 Å². The third-order valence-electron chi connectivity index (χ3n) is 2.05. The van der Waals surface area contributed by atoms with Crippen molar-refractivity contribution in [2.75, 3.05) is 11.1 Å². The quantitative estimate of drug-likeness (QED) is 0.615. The fourth-order valence-corrected chi connectivity index (χ4v) is 1.32. The van der Waals surface area contributed by atoms with Crippen molar-refractivity contribution in [3.63, 3.8) is 0 Å². The van der Waals surface area contributed by atoms with Crippen molar-refractivity contribution in [2.24, 2.45) is 0 Å². The van der Waals surface area contributed by atoms with Gasteiger partial charge in [-0.15, -0.1) is 0 Å². The predicted octanol–water partition coefficient (Wildman–Crippen LogP) is 1.55. The summed E-state index contributed by atoms with van der Waals surface area (Å²) in [5.41, 5.74) is 6.89. The Morgan fingerprint density at radius 1 is 1.38 bits per heavy atom. The monoisotopic (exact) mass is 217 g/mol. The second-order valence-corrected chi connectivity index (χ2v) is 3.35. The first-order valence-electron chi connectivity index (χ1n) is 4.69. The van der Waals surface area contributed by atoms with Gasteiger partial charge in [0.2, 0.25) is 0 Å². The summed E-state index contributed by atoms with van der Waals surface area (Å²) in [6, 6.07) is 7.86. The number of anilines is 2. The van der Waals surface area contributed by atoms with Crippen LogP contribution in [0.1, 0.15) is 10.5 Å².